The second-order valence-corrected chi connectivity index (χ2v) is 11.1. The third kappa shape index (κ3) is 4.54. The quantitative estimate of drug-likeness (QED) is 0.129. The summed E-state index contributed by atoms with van der Waals surface area (Å²) in [6.45, 7) is 7.04. The molecule has 0 bridgehead atoms. The maximum Gasteiger partial charge on any atom is 0.350 e. The molecule has 4 aromatic rings. The van der Waals surface area contributed by atoms with Crippen LogP contribution in [0.15, 0.2) is 40.5 Å². The maximum atomic E-state index is 13.7. The molecule has 212 valence electrons. The molecule has 4 heterocycles. The Morgan fingerprint density at radius 3 is 2.59 bits per heavy atom. The van der Waals surface area contributed by atoms with Crippen LogP contribution >= 0.6 is 27.3 Å². The first-order valence-electron chi connectivity index (χ1n) is 12.5. The number of imidazole rings is 1. The van der Waals surface area contributed by atoms with E-state index in [1.165, 1.54) is 19.2 Å². The van der Waals surface area contributed by atoms with Crippen molar-refractivity contribution in [2.45, 2.75) is 33.7 Å². The van der Waals surface area contributed by atoms with E-state index in [0.717, 1.165) is 21.8 Å². The molecule has 1 unspecified atom stereocenters. The van der Waals surface area contributed by atoms with Crippen molar-refractivity contribution in [2.24, 2.45) is 0 Å². The number of phenolic OH excluding ortho intramolecular Hbond substituents is 1. The van der Waals surface area contributed by atoms with Crippen molar-refractivity contribution < 1.29 is 34.1 Å². The van der Waals surface area contributed by atoms with Gasteiger partial charge in [-0.05, 0) is 73.0 Å². The summed E-state index contributed by atoms with van der Waals surface area (Å²) in [5, 5.41) is 22.2. The van der Waals surface area contributed by atoms with E-state index in [1.807, 2.05) is 19.1 Å². The number of Topliss-reactive ketones (excluding diaryl/α,β-unsaturated/α-hetero) is 1. The lowest BCUT2D eigenvalue weighted by molar-refractivity contribution is -0.132. The van der Waals surface area contributed by atoms with Gasteiger partial charge in [0.05, 0.1) is 41.2 Å². The highest BCUT2D eigenvalue weighted by Crippen LogP contribution is 2.47. The average molecular weight is 642 g/mol. The van der Waals surface area contributed by atoms with Gasteiger partial charge in [0.2, 0.25) is 0 Å². The molecule has 1 aliphatic heterocycles. The highest BCUT2D eigenvalue weighted by Gasteiger charge is 2.49. The van der Waals surface area contributed by atoms with Gasteiger partial charge in [0.1, 0.15) is 16.2 Å². The monoisotopic (exact) mass is 640 g/mol. The molecular weight excluding hydrogens is 616 g/mol. The number of pyridine rings is 1. The number of phenols is 1. The largest absolute Gasteiger partial charge is 0.505 e. The number of thiazole rings is 1. The summed E-state index contributed by atoms with van der Waals surface area (Å²) >= 11 is 4.20. The van der Waals surface area contributed by atoms with Gasteiger partial charge in [-0.2, -0.15) is 0 Å². The topological polar surface area (TPSA) is 144 Å². The predicted molar refractivity (Wildman–Crippen MR) is 155 cm³/mol. The zero-order chi connectivity index (χ0) is 29.7. The van der Waals surface area contributed by atoms with Crippen LogP contribution in [-0.4, -0.2) is 56.0 Å². The number of fused-ring (bicyclic) bond motifs is 1. The van der Waals surface area contributed by atoms with Gasteiger partial charge in [0.25, 0.3) is 5.78 Å². The Hall–Kier alpha value is -4.23. The van der Waals surface area contributed by atoms with Crippen LogP contribution < -0.4 is 9.64 Å². The second-order valence-electron chi connectivity index (χ2n) is 9.28. The van der Waals surface area contributed by atoms with E-state index in [2.05, 4.69) is 25.9 Å². The van der Waals surface area contributed by atoms with Crippen molar-refractivity contribution in [3.8, 4) is 11.5 Å². The molecule has 1 aromatic carbocycles. The highest BCUT2D eigenvalue weighted by atomic mass is 79.9. The maximum absolute atomic E-state index is 13.7. The van der Waals surface area contributed by atoms with Gasteiger partial charge in [0, 0.05) is 6.20 Å². The molecule has 0 spiro atoms. The van der Waals surface area contributed by atoms with Crippen LogP contribution in [0.3, 0.4) is 0 Å². The van der Waals surface area contributed by atoms with E-state index in [1.54, 1.807) is 31.4 Å². The van der Waals surface area contributed by atoms with E-state index in [9.17, 15) is 24.6 Å². The number of nitrogens with zero attached hydrogens (tertiary/aromatic N) is 4. The molecule has 2 N–H and O–H groups in total. The molecule has 1 aliphatic rings. The number of ketones is 1. The van der Waals surface area contributed by atoms with E-state index >= 15 is 0 Å². The van der Waals surface area contributed by atoms with Crippen LogP contribution in [0, 0.1) is 20.8 Å². The molecule has 0 aliphatic carbocycles. The first kappa shape index (κ1) is 28.3. The molecule has 1 amide bonds. The lowest BCUT2D eigenvalue weighted by atomic mass is 9.96. The summed E-state index contributed by atoms with van der Waals surface area (Å²) in [5.41, 5.74) is 2.55. The summed E-state index contributed by atoms with van der Waals surface area (Å²) in [5.74, 6) is -3.11. The Balaban J connectivity index is 1.78. The second kappa shape index (κ2) is 10.6. The van der Waals surface area contributed by atoms with E-state index in [0.29, 0.717) is 22.6 Å². The zero-order valence-corrected chi connectivity index (χ0v) is 25.1. The molecule has 3 aromatic heterocycles. The van der Waals surface area contributed by atoms with Crippen molar-refractivity contribution in [1.29, 1.82) is 0 Å². The summed E-state index contributed by atoms with van der Waals surface area (Å²) in [6, 6.07) is 5.49. The number of halogens is 1. The minimum Gasteiger partial charge on any atom is -0.505 e. The zero-order valence-electron chi connectivity index (χ0n) is 22.7. The van der Waals surface area contributed by atoms with Crippen LogP contribution in [0.4, 0.5) is 5.13 Å². The van der Waals surface area contributed by atoms with Gasteiger partial charge < -0.3 is 24.1 Å². The van der Waals surface area contributed by atoms with Gasteiger partial charge in [0.15, 0.2) is 22.4 Å². The number of aliphatic hydroxyl groups is 1. The molecule has 1 saturated heterocycles. The lowest BCUT2D eigenvalue weighted by Gasteiger charge is -2.23. The molecule has 1 atom stereocenters. The minimum absolute atomic E-state index is 0.0578. The first-order chi connectivity index (χ1) is 19.5. The first-order valence-corrected chi connectivity index (χ1v) is 14.1. The average Bonchev–Trinajstić information content (AvgIpc) is 3.57. The number of amides is 1. The van der Waals surface area contributed by atoms with E-state index in [-0.39, 0.29) is 43.9 Å². The van der Waals surface area contributed by atoms with Gasteiger partial charge in [-0.15, -0.1) is 0 Å². The van der Waals surface area contributed by atoms with Crippen LogP contribution in [0.2, 0.25) is 0 Å². The number of aromatic hydroxyl groups is 1. The molecule has 0 saturated carbocycles. The van der Waals surface area contributed by atoms with Gasteiger partial charge in [-0.1, -0.05) is 17.4 Å². The number of benzene rings is 1. The fourth-order valence-corrected chi connectivity index (χ4v) is 6.24. The Kier molecular flexibility index (Phi) is 7.34. The normalized spacial score (nSPS) is 16.5. The summed E-state index contributed by atoms with van der Waals surface area (Å²) in [6.07, 6.45) is 1.79. The number of carbonyl (C=O) groups is 3. The van der Waals surface area contributed by atoms with E-state index in [4.69, 9.17) is 9.47 Å². The van der Waals surface area contributed by atoms with Crippen molar-refractivity contribution in [3.63, 3.8) is 0 Å². The Morgan fingerprint density at radius 1 is 1.20 bits per heavy atom. The predicted octanol–water partition coefficient (Wildman–Crippen LogP) is 5.00. The van der Waals surface area contributed by atoms with Crippen molar-refractivity contribution in [3.05, 3.63) is 73.6 Å². The van der Waals surface area contributed by atoms with Crippen molar-refractivity contribution in [2.75, 3.05) is 18.6 Å². The molecule has 41 heavy (non-hydrogen) atoms. The van der Waals surface area contributed by atoms with Gasteiger partial charge in [-0.25, -0.2) is 14.8 Å². The van der Waals surface area contributed by atoms with Gasteiger partial charge >= 0.3 is 11.9 Å². The molecule has 0 radical (unpaired) electrons. The van der Waals surface area contributed by atoms with E-state index < -0.39 is 29.5 Å². The van der Waals surface area contributed by atoms with Crippen molar-refractivity contribution >= 4 is 61.5 Å². The van der Waals surface area contributed by atoms with Crippen LogP contribution in [-0.2, 0) is 14.3 Å². The molecule has 1 fully saturated rings. The van der Waals surface area contributed by atoms with Crippen LogP contribution in [0.5, 0.6) is 11.5 Å². The van der Waals surface area contributed by atoms with Crippen LogP contribution in [0.1, 0.15) is 50.8 Å². The van der Waals surface area contributed by atoms with Crippen LogP contribution in [0.25, 0.3) is 11.4 Å². The smallest absolute Gasteiger partial charge is 0.350 e. The summed E-state index contributed by atoms with van der Waals surface area (Å²) in [7, 11) is 1.36. The molecular formula is C28H25BrN4O7S. The number of aliphatic hydroxyl groups excluding tert-OH is 1. The number of rotatable bonds is 6. The third-order valence-electron chi connectivity index (χ3n) is 6.79. The number of carbonyl (C=O) groups excluding carboxylic acids is 3. The number of anilines is 1. The number of ether oxygens (including phenoxy) is 2. The summed E-state index contributed by atoms with van der Waals surface area (Å²) in [4.78, 5) is 50.2. The molecule has 11 nitrogen and oxygen atoms in total. The Bertz CT molecular complexity index is 1790. The Morgan fingerprint density at radius 2 is 1.93 bits per heavy atom. The number of hydrogen-bond acceptors (Lipinski definition) is 10. The number of esters is 1. The number of aromatic nitrogens is 3. The third-order valence-corrected chi connectivity index (χ3v) is 8.53. The fourth-order valence-electron chi connectivity index (χ4n) is 4.80. The Labute approximate surface area is 246 Å². The highest BCUT2D eigenvalue weighted by molar-refractivity contribution is 9.10. The lowest BCUT2D eigenvalue weighted by Crippen LogP contribution is -2.29. The number of methoxy groups -OCH3 is 1. The molecule has 13 heteroatoms. The van der Waals surface area contributed by atoms with Crippen molar-refractivity contribution in [1.82, 2.24) is 14.4 Å². The standard InChI is InChI=1S/C28H25BrN4O7S/c1-6-40-27(38)24-13(3)30-28(41-24)33-20(15-10-16(29)21(34)17(11-15)39-5)18(23(36)26(33)37)22(35)19-14(4)32-9-7-8-12(2)25(32)31-19/h7-11,20,34-35H,6H2,1-5H3. The summed E-state index contributed by atoms with van der Waals surface area (Å²) < 4.78 is 12.5. The number of aryl methyl sites for hydroxylation is 3. The molecule has 5 rings (SSSR count). The number of hydrogen-bond donors (Lipinski definition) is 2. The van der Waals surface area contributed by atoms with Gasteiger partial charge in [-0.3, -0.25) is 14.5 Å². The SMILES string of the molecule is CCOC(=O)c1sc(N2C(=O)C(=O)C(=C(O)c3nc4c(C)cccn4c3C)C2c2cc(Br)c(O)c(OC)c2)nc1C. The fraction of sp³-hybridized carbons (Fsp3) is 0.250. The minimum atomic E-state index is -1.20.